The maximum Gasteiger partial charge on any atom is 0.434 e. The maximum atomic E-state index is 12.4. The van der Waals surface area contributed by atoms with Crippen molar-refractivity contribution in [1.29, 1.82) is 0 Å². The highest BCUT2D eigenvalue weighted by Crippen LogP contribution is 2.38. The van der Waals surface area contributed by atoms with Gasteiger partial charge in [-0.05, 0) is 19.1 Å². The molecule has 0 saturated heterocycles. The summed E-state index contributed by atoms with van der Waals surface area (Å²) in [5.74, 6) is -0.561. The average molecular weight is 366 g/mol. The van der Waals surface area contributed by atoms with Crippen molar-refractivity contribution in [2.45, 2.75) is 31.4 Å². The highest BCUT2D eigenvalue weighted by molar-refractivity contribution is 9.10. The second-order valence-corrected chi connectivity index (χ2v) is 4.97. The van der Waals surface area contributed by atoms with Crippen molar-refractivity contribution in [3.8, 4) is 5.75 Å². The van der Waals surface area contributed by atoms with Crippen LogP contribution in [0, 0.1) is 0 Å². The van der Waals surface area contributed by atoms with Crippen molar-refractivity contribution in [3.63, 3.8) is 0 Å². The zero-order valence-electron chi connectivity index (χ0n) is 10.0. The molecule has 1 rings (SSSR count). The third-order valence-corrected chi connectivity index (χ3v) is 2.80. The number of nitrogens with two attached hydrogens (primary N) is 1. The van der Waals surface area contributed by atoms with Crippen molar-refractivity contribution < 1.29 is 31.1 Å². The van der Waals surface area contributed by atoms with Crippen molar-refractivity contribution in [2.24, 2.45) is 5.73 Å². The summed E-state index contributed by atoms with van der Waals surface area (Å²) >= 11 is 2.95. The van der Waals surface area contributed by atoms with Gasteiger partial charge in [-0.1, -0.05) is 22.0 Å². The van der Waals surface area contributed by atoms with Crippen LogP contribution >= 0.6 is 15.9 Å². The summed E-state index contributed by atoms with van der Waals surface area (Å²) in [6, 6.07) is 2.99. The first-order valence-corrected chi connectivity index (χ1v) is 6.07. The molecule has 0 fully saturated rings. The van der Waals surface area contributed by atoms with E-state index in [0.717, 1.165) is 6.07 Å². The smallest absolute Gasteiger partial charge is 0.434 e. The summed E-state index contributed by atoms with van der Waals surface area (Å²) in [5.41, 5.74) is 5.55. The second kappa shape index (κ2) is 5.80. The highest BCUT2D eigenvalue weighted by atomic mass is 79.9. The largest absolute Gasteiger partial charge is 0.471 e. The van der Waals surface area contributed by atoms with Crippen LogP contribution in [0.3, 0.4) is 0 Å². The standard InChI is InChI=1S/C11H10BrF6NO/c1-5(19)7-3-2-6(12)4-8(7)20-9(10(13,14)15)11(16,17)18/h2-5,9H,19H2,1H3. The van der Waals surface area contributed by atoms with Gasteiger partial charge in [0.15, 0.2) is 0 Å². The molecule has 0 aliphatic rings. The molecule has 1 aromatic carbocycles. The third-order valence-electron chi connectivity index (χ3n) is 2.31. The summed E-state index contributed by atoms with van der Waals surface area (Å²) in [6.45, 7) is 1.42. The van der Waals surface area contributed by atoms with E-state index in [1.165, 1.54) is 19.1 Å². The van der Waals surface area contributed by atoms with E-state index in [1.807, 2.05) is 0 Å². The van der Waals surface area contributed by atoms with Crippen LogP contribution in [0.15, 0.2) is 22.7 Å². The predicted octanol–water partition coefficient (Wildman–Crippen LogP) is 4.34. The van der Waals surface area contributed by atoms with E-state index in [0.29, 0.717) is 0 Å². The molecule has 1 unspecified atom stereocenters. The first-order valence-electron chi connectivity index (χ1n) is 5.28. The number of alkyl halides is 6. The van der Waals surface area contributed by atoms with Gasteiger partial charge in [0, 0.05) is 16.1 Å². The lowest BCUT2D eigenvalue weighted by Gasteiger charge is -2.25. The molecule has 2 nitrogen and oxygen atoms in total. The van der Waals surface area contributed by atoms with Crippen LogP contribution in [0.25, 0.3) is 0 Å². The molecule has 1 aromatic rings. The Morgan fingerprint density at radius 1 is 1.10 bits per heavy atom. The van der Waals surface area contributed by atoms with Crippen LogP contribution in [0.5, 0.6) is 5.75 Å². The van der Waals surface area contributed by atoms with Crippen LogP contribution in [-0.2, 0) is 0 Å². The quantitative estimate of drug-likeness (QED) is 0.808. The van der Waals surface area contributed by atoms with Crippen molar-refractivity contribution in [1.82, 2.24) is 0 Å². The van der Waals surface area contributed by atoms with Gasteiger partial charge in [-0.25, -0.2) is 0 Å². The Hall–Kier alpha value is -0.960. The Kier molecular flexibility index (Phi) is 4.96. The zero-order chi connectivity index (χ0) is 15.7. The lowest BCUT2D eigenvalue weighted by molar-refractivity contribution is -0.300. The van der Waals surface area contributed by atoms with Gasteiger partial charge in [0.2, 0.25) is 0 Å². The van der Waals surface area contributed by atoms with Gasteiger partial charge in [-0.3, -0.25) is 0 Å². The first-order chi connectivity index (χ1) is 8.93. The fourth-order valence-electron chi connectivity index (χ4n) is 1.43. The minimum absolute atomic E-state index is 0.0479. The maximum absolute atomic E-state index is 12.4. The van der Waals surface area contributed by atoms with Gasteiger partial charge in [0.1, 0.15) is 5.75 Å². The number of ether oxygens (including phenoxy) is 1. The zero-order valence-corrected chi connectivity index (χ0v) is 11.6. The van der Waals surface area contributed by atoms with Crippen LogP contribution < -0.4 is 10.5 Å². The summed E-state index contributed by atoms with van der Waals surface area (Å²) in [7, 11) is 0. The molecule has 0 aliphatic heterocycles. The number of hydrogen-bond acceptors (Lipinski definition) is 2. The van der Waals surface area contributed by atoms with Gasteiger partial charge in [0.05, 0.1) is 0 Å². The van der Waals surface area contributed by atoms with Crippen LogP contribution in [-0.4, -0.2) is 18.5 Å². The van der Waals surface area contributed by atoms with E-state index >= 15 is 0 Å². The molecule has 0 saturated carbocycles. The summed E-state index contributed by atoms with van der Waals surface area (Å²) in [5, 5.41) is 0. The molecule has 20 heavy (non-hydrogen) atoms. The molecule has 2 N–H and O–H groups in total. The van der Waals surface area contributed by atoms with Crippen LogP contribution in [0.2, 0.25) is 0 Å². The Bertz CT molecular complexity index is 457. The van der Waals surface area contributed by atoms with E-state index in [9.17, 15) is 26.3 Å². The molecule has 0 bridgehead atoms. The van der Waals surface area contributed by atoms with E-state index in [4.69, 9.17) is 5.73 Å². The SMILES string of the molecule is CC(N)c1ccc(Br)cc1OC(C(F)(F)F)C(F)(F)F. The summed E-state index contributed by atoms with van der Waals surface area (Å²) < 4.78 is 79.1. The Morgan fingerprint density at radius 2 is 1.60 bits per heavy atom. The Balaban J connectivity index is 3.21. The normalized spacial score (nSPS) is 14.5. The molecule has 0 spiro atoms. The lowest BCUT2D eigenvalue weighted by atomic mass is 10.1. The molecular formula is C11H10BrF6NO. The van der Waals surface area contributed by atoms with Crippen molar-refractivity contribution >= 4 is 15.9 Å². The Labute approximate surface area is 119 Å². The van der Waals surface area contributed by atoms with Crippen LogP contribution in [0.4, 0.5) is 26.3 Å². The van der Waals surface area contributed by atoms with Crippen LogP contribution in [0.1, 0.15) is 18.5 Å². The number of rotatable bonds is 3. The predicted molar refractivity (Wildman–Crippen MR) is 63.3 cm³/mol. The van der Waals surface area contributed by atoms with E-state index in [1.54, 1.807) is 0 Å². The monoisotopic (exact) mass is 365 g/mol. The highest BCUT2D eigenvalue weighted by Gasteiger charge is 2.59. The fourth-order valence-corrected chi connectivity index (χ4v) is 1.77. The summed E-state index contributed by atoms with van der Waals surface area (Å²) in [4.78, 5) is 0. The molecular weight excluding hydrogens is 356 g/mol. The lowest BCUT2D eigenvalue weighted by Crippen LogP contribution is -2.46. The minimum atomic E-state index is -5.57. The van der Waals surface area contributed by atoms with Gasteiger partial charge in [-0.15, -0.1) is 0 Å². The molecule has 114 valence electrons. The van der Waals surface area contributed by atoms with Crippen molar-refractivity contribution in [3.05, 3.63) is 28.2 Å². The first kappa shape index (κ1) is 17.1. The van der Waals surface area contributed by atoms with Gasteiger partial charge in [0.25, 0.3) is 6.10 Å². The molecule has 9 heteroatoms. The number of halogens is 7. The second-order valence-electron chi connectivity index (χ2n) is 4.05. The topological polar surface area (TPSA) is 35.2 Å². The molecule has 0 radical (unpaired) electrons. The Morgan fingerprint density at radius 3 is 2.00 bits per heavy atom. The van der Waals surface area contributed by atoms with E-state index in [-0.39, 0.29) is 10.0 Å². The summed E-state index contributed by atoms with van der Waals surface area (Å²) in [6.07, 6.45) is -15.0. The molecule has 0 aliphatic carbocycles. The fraction of sp³-hybridized carbons (Fsp3) is 0.455. The third kappa shape index (κ3) is 4.27. The molecule has 0 aromatic heterocycles. The van der Waals surface area contributed by atoms with E-state index < -0.39 is 30.2 Å². The van der Waals surface area contributed by atoms with Gasteiger partial charge in [-0.2, -0.15) is 26.3 Å². The molecule has 0 amide bonds. The van der Waals surface area contributed by atoms with E-state index in [2.05, 4.69) is 20.7 Å². The minimum Gasteiger partial charge on any atom is -0.471 e. The number of hydrogen-bond donors (Lipinski definition) is 1. The van der Waals surface area contributed by atoms with Gasteiger partial charge < -0.3 is 10.5 Å². The average Bonchev–Trinajstić information content (AvgIpc) is 2.22. The van der Waals surface area contributed by atoms with Gasteiger partial charge >= 0.3 is 12.4 Å². The molecule has 1 atom stereocenters. The number of benzene rings is 1. The van der Waals surface area contributed by atoms with Crippen molar-refractivity contribution in [2.75, 3.05) is 0 Å². The molecule has 0 heterocycles.